The molecule has 5 rings (SSSR count). The fourth-order valence-corrected chi connectivity index (χ4v) is 4.50. The van der Waals surface area contributed by atoms with Crippen molar-refractivity contribution < 1.29 is 19.0 Å². The average Bonchev–Trinajstić information content (AvgIpc) is 3.29. The van der Waals surface area contributed by atoms with Crippen LogP contribution < -0.4 is 9.47 Å². The van der Waals surface area contributed by atoms with Crippen molar-refractivity contribution in [2.45, 2.75) is 13.5 Å². The van der Waals surface area contributed by atoms with Crippen molar-refractivity contribution in [2.75, 3.05) is 7.11 Å². The van der Waals surface area contributed by atoms with E-state index in [-0.39, 0.29) is 11.6 Å². The van der Waals surface area contributed by atoms with E-state index in [9.17, 15) is 4.79 Å². The number of benzene rings is 4. The first kappa shape index (κ1) is 24.5. The maximum absolute atomic E-state index is 12.6. The Hall–Kier alpha value is -4.16. The standard InChI is InChI=1S/C31H24BrNO4/c1-20-8-10-21(11-9-20)19-36-29-26(32)16-22(18-28(29)35-2)17-27-31(34)37-30(33-27)25-14-12-24(13-15-25)23-6-4-3-5-7-23/h3-18H,19H2,1-2H3/b27-17-. The van der Waals surface area contributed by atoms with Gasteiger partial charge in [0.1, 0.15) is 6.61 Å². The van der Waals surface area contributed by atoms with Crippen LogP contribution in [0.25, 0.3) is 17.2 Å². The van der Waals surface area contributed by atoms with E-state index in [0.29, 0.717) is 22.6 Å². The summed E-state index contributed by atoms with van der Waals surface area (Å²) in [5.74, 6) is 0.902. The molecular weight excluding hydrogens is 530 g/mol. The number of carbonyl (C=O) groups is 1. The van der Waals surface area contributed by atoms with Crippen molar-refractivity contribution >= 4 is 33.9 Å². The molecule has 5 nitrogen and oxygen atoms in total. The quantitative estimate of drug-likeness (QED) is 0.177. The van der Waals surface area contributed by atoms with Crippen LogP contribution in [0, 0.1) is 6.92 Å². The van der Waals surface area contributed by atoms with Crippen LogP contribution in [0.3, 0.4) is 0 Å². The molecular formula is C31H24BrNO4. The third-order valence-corrected chi connectivity index (χ3v) is 6.51. The van der Waals surface area contributed by atoms with Gasteiger partial charge in [0.25, 0.3) is 0 Å². The van der Waals surface area contributed by atoms with Gasteiger partial charge in [-0.3, -0.25) is 0 Å². The molecule has 4 aromatic rings. The van der Waals surface area contributed by atoms with E-state index in [4.69, 9.17) is 14.2 Å². The lowest BCUT2D eigenvalue weighted by Gasteiger charge is -2.14. The normalized spacial score (nSPS) is 13.9. The number of methoxy groups -OCH3 is 1. The van der Waals surface area contributed by atoms with Crippen LogP contribution in [0.2, 0.25) is 0 Å². The van der Waals surface area contributed by atoms with Gasteiger partial charge in [-0.2, -0.15) is 0 Å². The highest BCUT2D eigenvalue weighted by atomic mass is 79.9. The average molecular weight is 554 g/mol. The Bertz CT molecular complexity index is 1490. The first-order valence-corrected chi connectivity index (χ1v) is 12.5. The van der Waals surface area contributed by atoms with Gasteiger partial charge in [0.2, 0.25) is 5.90 Å². The summed E-state index contributed by atoms with van der Waals surface area (Å²) in [7, 11) is 1.58. The number of esters is 1. The number of aryl methyl sites for hydroxylation is 1. The predicted molar refractivity (Wildman–Crippen MR) is 149 cm³/mol. The van der Waals surface area contributed by atoms with Gasteiger partial charge in [0, 0.05) is 5.56 Å². The van der Waals surface area contributed by atoms with Crippen molar-refractivity contribution in [3.8, 4) is 22.6 Å². The molecule has 37 heavy (non-hydrogen) atoms. The molecule has 0 bridgehead atoms. The lowest BCUT2D eigenvalue weighted by molar-refractivity contribution is -0.129. The highest BCUT2D eigenvalue weighted by molar-refractivity contribution is 9.10. The monoisotopic (exact) mass is 553 g/mol. The third kappa shape index (κ3) is 5.65. The van der Waals surface area contributed by atoms with Crippen molar-refractivity contribution in [1.29, 1.82) is 0 Å². The molecule has 0 atom stereocenters. The van der Waals surface area contributed by atoms with Gasteiger partial charge in [-0.25, -0.2) is 9.79 Å². The van der Waals surface area contributed by atoms with E-state index >= 15 is 0 Å². The maximum Gasteiger partial charge on any atom is 0.363 e. The van der Waals surface area contributed by atoms with Crippen molar-refractivity contribution in [2.24, 2.45) is 4.99 Å². The Morgan fingerprint density at radius 1 is 0.892 bits per heavy atom. The van der Waals surface area contributed by atoms with E-state index in [1.54, 1.807) is 19.3 Å². The predicted octanol–water partition coefficient (Wildman–Crippen LogP) is 7.36. The molecule has 0 N–H and O–H groups in total. The first-order chi connectivity index (χ1) is 18.0. The molecule has 0 saturated heterocycles. The molecule has 0 aliphatic carbocycles. The molecule has 0 saturated carbocycles. The van der Waals surface area contributed by atoms with Gasteiger partial charge in [-0.15, -0.1) is 0 Å². The number of hydrogen-bond donors (Lipinski definition) is 0. The highest BCUT2D eigenvalue weighted by Crippen LogP contribution is 2.38. The minimum absolute atomic E-state index is 0.212. The molecule has 6 heteroatoms. The summed E-state index contributed by atoms with van der Waals surface area (Å²) < 4.78 is 17.8. The zero-order chi connectivity index (χ0) is 25.8. The third-order valence-electron chi connectivity index (χ3n) is 5.92. The second kappa shape index (κ2) is 10.8. The minimum Gasteiger partial charge on any atom is -0.493 e. The van der Waals surface area contributed by atoms with Crippen LogP contribution in [-0.2, 0) is 16.1 Å². The molecule has 4 aromatic carbocycles. The van der Waals surface area contributed by atoms with Crippen LogP contribution in [0.1, 0.15) is 22.3 Å². The summed E-state index contributed by atoms with van der Waals surface area (Å²) in [4.78, 5) is 17.0. The van der Waals surface area contributed by atoms with E-state index in [0.717, 1.165) is 27.8 Å². The Labute approximate surface area is 224 Å². The maximum atomic E-state index is 12.6. The van der Waals surface area contributed by atoms with Gasteiger partial charge in [-0.05, 0) is 75.4 Å². The number of carbonyl (C=O) groups excluding carboxylic acids is 1. The summed E-state index contributed by atoms with van der Waals surface area (Å²) in [6, 6.07) is 29.7. The number of halogens is 1. The van der Waals surface area contributed by atoms with Gasteiger partial charge in [-0.1, -0.05) is 72.3 Å². The van der Waals surface area contributed by atoms with Gasteiger partial charge < -0.3 is 14.2 Å². The molecule has 0 amide bonds. The summed E-state index contributed by atoms with van der Waals surface area (Å²) in [5.41, 5.74) is 6.11. The zero-order valence-electron chi connectivity index (χ0n) is 20.4. The second-order valence-corrected chi connectivity index (χ2v) is 9.44. The van der Waals surface area contributed by atoms with Crippen molar-refractivity contribution in [3.63, 3.8) is 0 Å². The van der Waals surface area contributed by atoms with Crippen LogP contribution in [-0.4, -0.2) is 19.0 Å². The molecule has 1 aliphatic heterocycles. The second-order valence-electron chi connectivity index (χ2n) is 8.59. The smallest absolute Gasteiger partial charge is 0.363 e. The molecule has 0 fully saturated rings. The van der Waals surface area contributed by atoms with Crippen LogP contribution in [0.15, 0.2) is 106 Å². The Kier molecular flexibility index (Phi) is 7.19. The molecule has 0 aromatic heterocycles. The number of cyclic esters (lactones) is 1. The lowest BCUT2D eigenvalue weighted by Crippen LogP contribution is -2.05. The number of hydrogen-bond acceptors (Lipinski definition) is 5. The molecule has 0 spiro atoms. The molecule has 0 unspecified atom stereocenters. The first-order valence-electron chi connectivity index (χ1n) is 11.7. The highest BCUT2D eigenvalue weighted by Gasteiger charge is 2.24. The molecule has 0 radical (unpaired) electrons. The molecule has 184 valence electrons. The fourth-order valence-electron chi connectivity index (χ4n) is 3.93. The summed E-state index contributed by atoms with van der Waals surface area (Å²) in [5, 5.41) is 0. The van der Waals surface area contributed by atoms with E-state index in [1.165, 1.54) is 5.56 Å². The Balaban J connectivity index is 1.36. The minimum atomic E-state index is -0.503. The van der Waals surface area contributed by atoms with Crippen molar-refractivity contribution in [3.05, 3.63) is 123 Å². The molecule has 1 aliphatic rings. The largest absolute Gasteiger partial charge is 0.493 e. The van der Waals surface area contributed by atoms with Gasteiger partial charge in [0.15, 0.2) is 17.2 Å². The van der Waals surface area contributed by atoms with Crippen LogP contribution in [0.4, 0.5) is 0 Å². The van der Waals surface area contributed by atoms with Crippen LogP contribution >= 0.6 is 15.9 Å². The Morgan fingerprint density at radius 2 is 1.57 bits per heavy atom. The van der Waals surface area contributed by atoms with E-state index in [2.05, 4.69) is 20.9 Å². The van der Waals surface area contributed by atoms with Gasteiger partial charge in [0.05, 0.1) is 11.6 Å². The number of ether oxygens (including phenoxy) is 3. The number of nitrogens with zero attached hydrogens (tertiary/aromatic N) is 1. The van der Waals surface area contributed by atoms with E-state index in [1.807, 2.05) is 91.9 Å². The fraction of sp³-hybridized carbons (Fsp3) is 0.0968. The number of rotatable bonds is 7. The number of aliphatic imine (C=N–C) groups is 1. The summed E-state index contributed by atoms with van der Waals surface area (Å²) in [6.07, 6.45) is 1.67. The Morgan fingerprint density at radius 3 is 2.27 bits per heavy atom. The van der Waals surface area contributed by atoms with E-state index < -0.39 is 5.97 Å². The van der Waals surface area contributed by atoms with Gasteiger partial charge >= 0.3 is 5.97 Å². The van der Waals surface area contributed by atoms with Crippen molar-refractivity contribution in [1.82, 2.24) is 0 Å². The summed E-state index contributed by atoms with van der Waals surface area (Å²) >= 11 is 3.58. The SMILES string of the molecule is COc1cc(/C=C2\N=C(c3ccc(-c4ccccc4)cc3)OC2=O)cc(Br)c1OCc1ccc(C)cc1. The zero-order valence-corrected chi connectivity index (χ0v) is 22.0. The van der Waals surface area contributed by atoms with Crippen LogP contribution in [0.5, 0.6) is 11.5 Å². The lowest BCUT2D eigenvalue weighted by atomic mass is 10.0. The topological polar surface area (TPSA) is 57.1 Å². The molecule has 1 heterocycles. The summed E-state index contributed by atoms with van der Waals surface area (Å²) in [6.45, 7) is 2.45.